The molecule has 1 heterocycles. The lowest BCUT2D eigenvalue weighted by Crippen LogP contribution is -2.26. The van der Waals surface area contributed by atoms with Gasteiger partial charge in [0.15, 0.2) is 0 Å². The van der Waals surface area contributed by atoms with Crippen LogP contribution in [-0.4, -0.2) is 24.6 Å². The molecule has 0 aromatic heterocycles. The second-order valence-electron chi connectivity index (χ2n) is 3.72. The minimum Gasteiger partial charge on any atom is -0.370 e. The van der Waals surface area contributed by atoms with Crippen LogP contribution in [0.1, 0.15) is 12.0 Å². The predicted molar refractivity (Wildman–Crippen MR) is 70.2 cm³/mol. The first-order chi connectivity index (χ1) is 7.42. The maximum absolute atomic E-state index is 5.96. The first-order valence-corrected chi connectivity index (χ1v) is 7.07. The molecule has 1 aromatic carbocycles. The van der Waals surface area contributed by atoms with Crippen LogP contribution in [0.4, 0.5) is 5.69 Å². The van der Waals surface area contributed by atoms with Crippen molar-refractivity contribution in [2.45, 2.75) is 12.3 Å². The van der Waals surface area contributed by atoms with E-state index in [2.05, 4.69) is 40.9 Å². The summed E-state index contributed by atoms with van der Waals surface area (Å²) in [5, 5.41) is 0. The SMILES string of the molecule is ClCc1ccccc1N1CCCSCC1. The van der Waals surface area contributed by atoms with Gasteiger partial charge in [0.05, 0.1) is 0 Å². The zero-order valence-corrected chi connectivity index (χ0v) is 10.4. The van der Waals surface area contributed by atoms with Crippen LogP contribution in [0.3, 0.4) is 0 Å². The van der Waals surface area contributed by atoms with E-state index in [9.17, 15) is 0 Å². The van der Waals surface area contributed by atoms with Gasteiger partial charge in [-0.3, -0.25) is 0 Å². The van der Waals surface area contributed by atoms with Crippen molar-refractivity contribution in [2.75, 3.05) is 29.5 Å². The van der Waals surface area contributed by atoms with E-state index in [1.807, 2.05) is 0 Å². The lowest BCUT2D eigenvalue weighted by Gasteiger charge is -2.24. The van der Waals surface area contributed by atoms with Crippen molar-refractivity contribution >= 4 is 29.1 Å². The fourth-order valence-corrected chi connectivity index (χ4v) is 3.03. The van der Waals surface area contributed by atoms with Crippen LogP contribution >= 0.6 is 23.4 Å². The van der Waals surface area contributed by atoms with E-state index in [-0.39, 0.29) is 0 Å². The Balaban J connectivity index is 2.18. The molecule has 0 saturated carbocycles. The standard InChI is InChI=1S/C12H16ClNS/c13-10-11-4-1-2-5-12(11)14-6-3-8-15-9-7-14/h1-2,4-5H,3,6-10H2. The van der Waals surface area contributed by atoms with Crippen molar-refractivity contribution in [1.29, 1.82) is 0 Å². The van der Waals surface area contributed by atoms with Gasteiger partial charge in [0.1, 0.15) is 0 Å². The van der Waals surface area contributed by atoms with E-state index in [1.165, 1.54) is 35.7 Å². The highest BCUT2D eigenvalue weighted by atomic mass is 35.5. The Kier molecular flexibility index (Phi) is 4.21. The van der Waals surface area contributed by atoms with Crippen LogP contribution in [0, 0.1) is 0 Å². The Morgan fingerprint density at radius 3 is 2.93 bits per heavy atom. The van der Waals surface area contributed by atoms with Crippen LogP contribution in [0.15, 0.2) is 24.3 Å². The van der Waals surface area contributed by atoms with E-state index in [4.69, 9.17) is 11.6 Å². The first-order valence-electron chi connectivity index (χ1n) is 5.38. The molecule has 1 aromatic rings. The van der Waals surface area contributed by atoms with Crippen molar-refractivity contribution in [3.8, 4) is 0 Å². The number of thioether (sulfide) groups is 1. The Morgan fingerprint density at radius 2 is 2.07 bits per heavy atom. The summed E-state index contributed by atoms with van der Waals surface area (Å²) in [5.74, 6) is 3.13. The highest BCUT2D eigenvalue weighted by Crippen LogP contribution is 2.24. The molecule has 1 nitrogen and oxygen atoms in total. The zero-order valence-electron chi connectivity index (χ0n) is 8.79. The van der Waals surface area contributed by atoms with Crippen molar-refractivity contribution in [3.63, 3.8) is 0 Å². The largest absolute Gasteiger partial charge is 0.370 e. The monoisotopic (exact) mass is 241 g/mol. The summed E-state index contributed by atoms with van der Waals surface area (Å²) < 4.78 is 0. The molecular weight excluding hydrogens is 226 g/mol. The minimum atomic E-state index is 0.611. The number of nitrogens with zero attached hydrogens (tertiary/aromatic N) is 1. The van der Waals surface area contributed by atoms with Gasteiger partial charge in [-0.15, -0.1) is 11.6 Å². The van der Waals surface area contributed by atoms with Crippen molar-refractivity contribution in [2.24, 2.45) is 0 Å². The number of hydrogen-bond donors (Lipinski definition) is 0. The highest BCUT2D eigenvalue weighted by molar-refractivity contribution is 7.99. The summed E-state index contributed by atoms with van der Waals surface area (Å²) in [6.07, 6.45) is 1.28. The molecule has 0 aliphatic carbocycles. The number of benzene rings is 1. The number of alkyl halides is 1. The zero-order chi connectivity index (χ0) is 10.5. The quantitative estimate of drug-likeness (QED) is 0.731. The maximum atomic E-state index is 5.96. The molecule has 0 N–H and O–H groups in total. The van der Waals surface area contributed by atoms with Gasteiger partial charge >= 0.3 is 0 Å². The van der Waals surface area contributed by atoms with Gasteiger partial charge in [0.2, 0.25) is 0 Å². The van der Waals surface area contributed by atoms with Crippen LogP contribution in [0.2, 0.25) is 0 Å². The fourth-order valence-electron chi connectivity index (χ4n) is 1.92. The molecule has 0 radical (unpaired) electrons. The van der Waals surface area contributed by atoms with Gasteiger partial charge in [0.25, 0.3) is 0 Å². The lowest BCUT2D eigenvalue weighted by atomic mass is 10.1. The third kappa shape index (κ3) is 2.82. The normalized spacial score (nSPS) is 17.5. The van der Waals surface area contributed by atoms with Gasteiger partial charge in [0, 0.05) is 30.4 Å². The molecule has 0 amide bonds. The smallest absolute Gasteiger partial charge is 0.0494 e. The molecular formula is C12H16ClNS. The Bertz CT molecular complexity index is 308. The number of anilines is 1. The summed E-state index contributed by atoms with van der Waals surface area (Å²) in [6.45, 7) is 2.32. The molecule has 2 rings (SSSR count). The van der Waals surface area contributed by atoms with Crippen LogP contribution in [0.5, 0.6) is 0 Å². The Hall–Kier alpha value is -0.340. The van der Waals surface area contributed by atoms with Gasteiger partial charge in [-0.1, -0.05) is 18.2 Å². The van der Waals surface area contributed by atoms with Crippen LogP contribution in [-0.2, 0) is 5.88 Å². The highest BCUT2D eigenvalue weighted by Gasteiger charge is 2.12. The van der Waals surface area contributed by atoms with Crippen LogP contribution < -0.4 is 4.90 Å². The third-order valence-electron chi connectivity index (χ3n) is 2.70. The number of para-hydroxylation sites is 1. The summed E-state index contributed by atoms with van der Waals surface area (Å²) in [6, 6.07) is 8.48. The van der Waals surface area contributed by atoms with E-state index in [0.717, 1.165) is 6.54 Å². The summed E-state index contributed by atoms with van der Waals surface area (Å²) in [5.41, 5.74) is 2.58. The van der Waals surface area contributed by atoms with Crippen molar-refractivity contribution in [3.05, 3.63) is 29.8 Å². The molecule has 1 fully saturated rings. The fraction of sp³-hybridized carbons (Fsp3) is 0.500. The van der Waals surface area contributed by atoms with Gasteiger partial charge in [-0.05, 0) is 23.8 Å². The molecule has 3 heteroatoms. The molecule has 1 saturated heterocycles. The second kappa shape index (κ2) is 5.66. The summed E-state index contributed by atoms with van der Waals surface area (Å²) >= 11 is 8.01. The molecule has 1 aliphatic heterocycles. The first kappa shape index (κ1) is 11.2. The van der Waals surface area contributed by atoms with Crippen molar-refractivity contribution < 1.29 is 0 Å². The lowest BCUT2D eigenvalue weighted by molar-refractivity contribution is 0.812. The average molecular weight is 242 g/mol. The van der Waals surface area contributed by atoms with Crippen LogP contribution in [0.25, 0.3) is 0 Å². The Labute approximate surface area is 101 Å². The summed E-state index contributed by atoms with van der Waals surface area (Å²) in [4.78, 5) is 2.47. The summed E-state index contributed by atoms with van der Waals surface area (Å²) in [7, 11) is 0. The number of rotatable bonds is 2. The predicted octanol–water partition coefficient (Wildman–Crippen LogP) is 3.37. The maximum Gasteiger partial charge on any atom is 0.0494 e. The van der Waals surface area contributed by atoms with E-state index < -0.39 is 0 Å². The third-order valence-corrected chi connectivity index (χ3v) is 4.04. The van der Waals surface area contributed by atoms with Gasteiger partial charge in [-0.2, -0.15) is 11.8 Å². The topological polar surface area (TPSA) is 3.24 Å². The van der Waals surface area contributed by atoms with Crippen molar-refractivity contribution in [1.82, 2.24) is 0 Å². The van der Waals surface area contributed by atoms with E-state index in [0.29, 0.717) is 5.88 Å². The molecule has 0 unspecified atom stereocenters. The Morgan fingerprint density at radius 1 is 1.20 bits per heavy atom. The van der Waals surface area contributed by atoms with E-state index in [1.54, 1.807) is 0 Å². The molecule has 15 heavy (non-hydrogen) atoms. The minimum absolute atomic E-state index is 0.611. The van der Waals surface area contributed by atoms with Gasteiger partial charge < -0.3 is 4.90 Å². The molecule has 1 aliphatic rings. The molecule has 82 valence electrons. The average Bonchev–Trinajstić information content (AvgIpc) is 2.57. The van der Waals surface area contributed by atoms with Gasteiger partial charge in [-0.25, -0.2) is 0 Å². The molecule has 0 atom stereocenters. The van der Waals surface area contributed by atoms with E-state index >= 15 is 0 Å². The number of hydrogen-bond acceptors (Lipinski definition) is 2. The second-order valence-corrected chi connectivity index (χ2v) is 5.21. The molecule has 0 spiro atoms. The molecule has 0 bridgehead atoms. The number of halogens is 1.